The summed E-state index contributed by atoms with van der Waals surface area (Å²) in [6.45, 7) is 2.10. The highest BCUT2D eigenvalue weighted by Gasteiger charge is 2.22. The molecular weight excluding hydrogens is 306 g/mol. The molecule has 0 bridgehead atoms. The van der Waals surface area contributed by atoms with Crippen LogP contribution < -0.4 is 11.1 Å². The highest BCUT2D eigenvalue weighted by molar-refractivity contribution is 5.79. The molecule has 0 aliphatic rings. The number of carbonyl (C=O) groups excluding carboxylic acids is 1. The number of nitrogens with one attached hydrogen (secondary N) is 1. The minimum atomic E-state index is -0.412. The highest BCUT2D eigenvalue weighted by Crippen LogP contribution is 2.20. The lowest BCUT2D eigenvalue weighted by Gasteiger charge is -2.19. The first kappa shape index (κ1) is 17.6. The van der Waals surface area contributed by atoms with E-state index >= 15 is 0 Å². The fourth-order valence-electron chi connectivity index (χ4n) is 2.51. The number of carbonyl (C=O) groups is 1. The minimum absolute atomic E-state index is 0.0702. The van der Waals surface area contributed by atoms with Crippen molar-refractivity contribution in [1.82, 2.24) is 5.32 Å². The molecule has 2 rings (SSSR count). The molecule has 0 spiro atoms. The van der Waals surface area contributed by atoms with Crippen LogP contribution in [-0.4, -0.2) is 17.4 Å². The Hall–Kier alpha value is -2.73. The maximum Gasteiger partial charge on any atom is 0.272 e. The van der Waals surface area contributed by atoms with Crippen molar-refractivity contribution in [1.29, 1.82) is 0 Å². The van der Waals surface area contributed by atoms with Gasteiger partial charge in [0.05, 0.1) is 10.8 Å². The number of hydrogen-bond acceptors (Lipinski definition) is 4. The van der Waals surface area contributed by atoms with E-state index < -0.39 is 16.9 Å². The van der Waals surface area contributed by atoms with E-state index in [-0.39, 0.29) is 11.6 Å². The Kier molecular flexibility index (Phi) is 6.03. The van der Waals surface area contributed by atoms with E-state index in [0.717, 1.165) is 5.56 Å². The van der Waals surface area contributed by atoms with Gasteiger partial charge in [-0.15, -0.1) is 0 Å². The highest BCUT2D eigenvalue weighted by atomic mass is 16.6. The Labute approximate surface area is 140 Å². The number of nitro benzene ring substituents is 1. The fraction of sp³-hybridized carbons (Fsp3) is 0.278. The molecule has 0 saturated carbocycles. The first-order valence-corrected chi connectivity index (χ1v) is 7.81. The van der Waals surface area contributed by atoms with Crippen molar-refractivity contribution in [2.75, 3.05) is 6.54 Å². The minimum Gasteiger partial charge on any atom is -0.355 e. The van der Waals surface area contributed by atoms with Gasteiger partial charge in [-0.1, -0.05) is 55.5 Å². The van der Waals surface area contributed by atoms with Crippen molar-refractivity contribution in [3.05, 3.63) is 75.8 Å². The van der Waals surface area contributed by atoms with Gasteiger partial charge in [0.1, 0.15) is 0 Å². The average molecular weight is 327 g/mol. The van der Waals surface area contributed by atoms with Gasteiger partial charge in [0.2, 0.25) is 5.91 Å². The van der Waals surface area contributed by atoms with E-state index in [1.807, 2.05) is 30.3 Å². The number of hydrogen-bond donors (Lipinski definition) is 2. The molecule has 24 heavy (non-hydrogen) atoms. The Morgan fingerprint density at radius 2 is 1.79 bits per heavy atom. The second-order valence-corrected chi connectivity index (χ2v) is 5.65. The maximum atomic E-state index is 12.2. The van der Waals surface area contributed by atoms with Crippen molar-refractivity contribution in [2.45, 2.75) is 19.4 Å². The summed E-state index contributed by atoms with van der Waals surface area (Å²) in [5, 5.41) is 13.8. The lowest BCUT2D eigenvalue weighted by molar-refractivity contribution is -0.385. The van der Waals surface area contributed by atoms with Crippen molar-refractivity contribution in [3.63, 3.8) is 0 Å². The van der Waals surface area contributed by atoms with Crippen molar-refractivity contribution in [3.8, 4) is 0 Å². The molecule has 2 unspecified atom stereocenters. The van der Waals surface area contributed by atoms with Crippen molar-refractivity contribution < 1.29 is 9.72 Å². The molecule has 0 radical (unpaired) electrons. The smallest absolute Gasteiger partial charge is 0.272 e. The molecule has 2 aromatic carbocycles. The largest absolute Gasteiger partial charge is 0.355 e. The summed E-state index contributed by atoms with van der Waals surface area (Å²) in [7, 11) is 0. The number of para-hydroxylation sites is 1. The molecule has 0 aromatic heterocycles. The van der Waals surface area contributed by atoms with Gasteiger partial charge in [-0.05, 0) is 12.0 Å². The summed E-state index contributed by atoms with van der Waals surface area (Å²) < 4.78 is 0. The number of nitrogens with zero attached hydrogens (tertiary/aromatic N) is 1. The molecule has 126 valence electrons. The van der Waals surface area contributed by atoms with E-state index in [1.54, 1.807) is 25.1 Å². The number of nitrogens with two attached hydrogens (primary N) is 1. The molecule has 2 aromatic rings. The monoisotopic (exact) mass is 327 g/mol. The molecule has 2 atom stereocenters. The topological polar surface area (TPSA) is 98.3 Å². The van der Waals surface area contributed by atoms with Crippen molar-refractivity contribution >= 4 is 11.6 Å². The second kappa shape index (κ2) is 8.21. The summed E-state index contributed by atoms with van der Waals surface area (Å²) in [6, 6.07) is 15.6. The van der Waals surface area contributed by atoms with E-state index in [9.17, 15) is 14.9 Å². The Morgan fingerprint density at radius 3 is 2.46 bits per heavy atom. The summed E-state index contributed by atoms with van der Waals surface area (Å²) in [6.07, 6.45) is 0.399. The molecule has 6 heteroatoms. The van der Waals surface area contributed by atoms with Crippen LogP contribution in [0.2, 0.25) is 0 Å². The molecule has 0 fully saturated rings. The third kappa shape index (κ3) is 4.39. The van der Waals surface area contributed by atoms with Crippen LogP contribution in [0.5, 0.6) is 0 Å². The second-order valence-electron chi connectivity index (χ2n) is 5.65. The van der Waals surface area contributed by atoms with Gasteiger partial charge in [-0.25, -0.2) is 0 Å². The zero-order valence-electron chi connectivity index (χ0n) is 13.5. The normalized spacial score (nSPS) is 13.1. The van der Waals surface area contributed by atoms with Gasteiger partial charge in [0.15, 0.2) is 0 Å². The van der Waals surface area contributed by atoms with Gasteiger partial charge in [-0.2, -0.15) is 0 Å². The molecule has 6 nitrogen and oxygen atoms in total. The van der Waals surface area contributed by atoms with Crippen LogP contribution in [0.3, 0.4) is 0 Å². The number of amides is 1. The van der Waals surface area contributed by atoms with Gasteiger partial charge in [-0.3, -0.25) is 14.9 Å². The third-order valence-corrected chi connectivity index (χ3v) is 4.02. The third-order valence-electron chi connectivity index (χ3n) is 4.02. The van der Waals surface area contributed by atoms with Gasteiger partial charge < -0.3 is 11.1 Å². The lowest BCUT2D eigenvalue weighted by Crippen LogP contribution is -2.36. The quantitative estimate of drug-likeness (QED) is 0.603. The Bertz CT molecular complexity index is 704. The van der Waals surface area contributed by atoms with Crippen LogP contribution in [-0.2, 0) is 11.2 Å². The van der Waals surface area contributed by atoms with Crippen LogP contribution in [0.25, 0.3) is 0 Å². The SMILES string of the molecule is CC(C(=O)NCCc1ccccc1[N+](=O)[O-])C(N)c1ccccc1. The number of benzene rings is 2. The summed E-state index contributed by atoms with van der Waals surface area (Å²) >= 11 is 0. The standard InChI is InChI=1S/C18H21N3O3/c1-13(17(19)15-8-3-2-4-9-15)18(22)20-12-11-14-7-5-6-10-16(14)21(23)24/h2-10,13,17H,11-12,19H2,1H3,(H,20,22). The Morgan fingerprint density at radius 1 is 1.17 bits per heavy atom. The molecule has 0 saturated heterocycles. The van der Waals surface area contributed by atoms with Crippen LogP contribution in [0.4, 0.5) is 5.69 Å². The summed E-state index contributed by atoms with van der Waals surface area (Å²) in [5.41, 5.74) is 7.71. The van der Waals surface area contributed by atoms with Crippen molar-refractivity contribution in [2.24, 2.45) is 11.7 Å². The number of rotatable bonds is 7. The fourth-order valence-corrected chi connectivity index (χ4v) is 2.51. The van der Waals surface area contributed by atoms with Crippen LogP contribution in [0, 0.1) is 16.0 Å². The first-order chi connectivity index (χ1) is 11.5. The summed E-state index contributed by atoms with van der Waals surface area (Å²) in [5.74, 6) is -0.553. The first-order valence-electron chi connectivity index (χ1n) is 7.81. The molecule has 0 aliphatic carbocycles. The molecule has 1 amide bonds. The average Bonchev–Trinajstić information content (AvgIpc) is 2.61. The van der Waals surface area contributed by atoms with Gasteiger partial charge >= 0.3 is 0 Å². The predicted octanol–water partition coefficient (Wildman–Crippen LogP) is 2.59. The van der Waals surface area contributed by atoms with Crippen LogP contribution >= 0.6 is 0 Å². The molecule has 0 aliphatic heterocycles. The van der Waals surface area contributed by atoms with Crippen LogP contribution in [0.15, 0.2) is 54.6 Å². The summed E-state index contributed by atoms with van der Waals surface area (Å²) in [4.78, 5) is 22.8. The van der Waals surface area contributed by atoms with Gasteiger partial charge in [0.25, 0.3) is 5.69 Å². The van der Waals surface area contributed by atoms with E-state index in [2.05, 4.69) is 5.32 Å². The van der Waals surface area contributed by atoms with E-state index in [4.69, 9.17) is 5.73 Å². The number of nitro groups is 1. The maximum absolute atomic E-state index is 12.2. The van der Waals surface area contributed by atoms with E-state index in [0.29, 0.717) is 18.5 Å². The molecular formula is C18H21N3O3. The van der Waals surface area contributed by atoms with E-state index in [1.165, 1.54) is 6.07 Å². The lowest BCUT2D eigenvalue weighted by atomic mass is 9.94. The van der Waals surface area contributed by atoms with Crippen LogP contribution in [0.1, 0.15) is 24.1 Å². The zero-order chi connectivity index (χ0) is 17.5. The van der Waals surface area contributed by atoms with Gasteiger partial charge in [0, 0.05) is 24.2 Å². The Balaban J connectivity index is 1.90. The predicted molar refractivity (Wildman–Crippen MR) is 92.3 cm³/mol. The zero-order valence-corrected chi connectivity index (χ0v) is 13.5. The molecule has 3 N–H and O–H groups in total. The molecule has 0 heterocycles.